The third-order valence-corrected chi connectivity index (χ3v) is 3.06. The van der Waals surface area contributed by atoms with Gasteiger partial charge in [-0.1, -0.05) is 30.3 Å². The highest BCUT2D eigenvalue weighted by molar-refractivity contribution is 5.91. The van der Waals surface area contributed by atoms with Crippen LogP contribution in [0.1, 0.15) is 18.6 Å². The molecule has 2 aromatic carbocycles. The van der Waals surface area contributed by atoms with E-state index in [0.29, 0.717) is 5.75 Å². The molecule has 0 saturated carbocycles. The number of benzene rings is 2. The minimum atomic E-state index is -0.988. The molecule has 100 valence electrons. The molecule has 0 saturated heterocycles. The molecule has 0 heterocycles. The first-order valence-electron chi connectivity index (χ1n) is 6.02. The normalized spacial score (nSPS) is 12.3. The van der Waals surface area contributed by atoms with Crippen LogP contribution in [0.3, 0.4) is 0 Å². The molecular weight excluding hydrogens is 244 g/mol. The highest BCUT2D eigenvalue weighted by Crippen LogP contribution is 2.32. The molecule has 0 fully saturated rings. The van der Waals surface area contributed by atoms with Gasteiger partial charge in [-0.3, -0.25) is 0 Å². The largest absolute Gasteiger partial charge is 0.481 e. The van der Waals surface area contributed by atoms with Crippen LogP contribution in [-0.2, 0) is 9.53 Å². The van der Waals surface area contributed by atoms with E-state index in [2.05, 4.69) is 0 Å². The minimum Gasteiger partial charge on any atom is -0.481 e. The summed E-state index contributed by atoms with van der Waals surface area (Å²) < 4.78 is 10.7. The first kappa shape index (κ1) is 13.4. The quantitative estimate of drug-likeness (QED) is 0.897. The predicted octanol–water partition coefficient (Wildman–Crippen LogP) is 3.01. The van der Waals surface area contributed by atoms with E-state index in [1.807, 2.05) is 37.3 Å². The van der Waals surface area contributed by atoms with Crippen molar-refractivity contribution < 1.29 is 19.4 Å². The molecule has 1 N–H and O–H groups in total. The summed E-state index contributed by atoms with van der Waals surface area (Å²) >= 11 is 0. The smallest absolute Gasteiger partial charge is 0.341 e. The van der Waals surface area contributed by atoms with E-state index in [1.165, 1.54) is 0 Å². The number of carboxylic acid groups (broad SMARTS) is 1. The summed E-state index contributed by atoms with van der Waals surface area (Å²) in [6.45, 7) is 1.63. The van der Waals surface area contributed by atoms with E-state index >= 15 is 0 Å². The summed E-state index contributed by atoms with van der Waals surface area (Å²) in [6, 6.07) is 11.4. The van der Waals surface area contributed by atoms with Gasteiger partial charge in [0, 0.05) is 12.5 Å². The van der Waals surface area contributed by atoms with Crippen molar-refractivity contribution in [1.29, 1.82) is 0 Å². The van der Waals surface area contributed by atoms with Crippen LogP contribution in [-0.4, -0.2) is 24.8 Å². The first-order chi connectivity index (χ1) is 9.13. The Bertz CT molecular complexity index is 592. The van der Waals surface area contributed by atoms with Crippen LogP contribution in [0.15, 0.2) is 36.4 Å². The Hall–Kier alpha value is -2.07. The molecule has 0 spiro atoms. The molecule has 0 radical (unpaired) electrons. The van der Waals surface area contributed by atoms with Crippen molar-refractivity contribution in [2.75, 3.05) is 13.7 Å². The standard InChI is InChI=1S/C15H16O4/c1-10(18-2)11-7-8-14(19-9-15(16)17)13-6-4-3-5-12(11)13/h3-8,10H,9H2,1-2H3,(H,16,17)/t10-/m0/s1. The van der Waals surface area contributed by atoms with Crippen molar-refractivity contribution in [3.8, 4) is 5.75 Å². The second kappa shape index (κ2) is 5.71. The molecule has 0 amide bonds. The Morgan fingerprint density at radius 1 is 1.21 bits per heavy atom. The molecule has 0 aliphatic heterocycles. The zero-order valence-corrected chi connectivity index (χ0v) is 10.9. The van der Waals surface area contributed by atoms with Crippen molar-refractivity contribution in [1.82, 2.24) is 0 Å². The number of methoxy groups -OCH3 is 1. The van der Waals surface area contributed by atoms with Crippen molar-refractivity contribution >= 4 is 16.7 Å². The second-order valence-corrected chi connectivity index (χ2v) is 4.26. The number of fused-ring (bicyclic) bond motifs is 1. The molecule has 4 heteroatoms. The SMILES string of the molecule is CO[C@@H](C)c1ccc(OCC(=O)O)c2ccccc12. The summed E-state index contributed by atoms with van der Waals surface area (Å²) in [6.07, 6.45) is -0.0292. The summed E-state index contributed by atoms with van der Waals surface area (Å²) in [5, 5.41) is 10.6. The molecule has 19 heavy (non-hydrogen) atoms. The van der Waals surface area contributed by atoms with Crippen molar-refractivity contribution in [3.63, 3.8) is 0 Å². The molecule has 1 atom stereocenters. The molecule has 0 aromatic heterocycles. The van der Waals surface area contributed by atoms with Gasteiger partial charge in [0.2, 0.25) is 0 Å². The van der Waals surface area contributed by atoms with Gasteiger partial charge in [-0.05, 0) is 23.9 Å². The van der Waals surface area contributed by atoms with Crippen molar-refractivity contribution in [2.45, 2.75) is 13.0 Å². The van der Waals surface area contributed by atoms with Crippen LogP contribution in [0, 0.1) is 0 Å². The average molecular weight is 260 g/mol. The molecule has 0 unspecified atom stereocenters. The van der Waals surface area contributed by atoms with E-state index < -0.39 is 5.97 Å². The maximum Gasteiger partial charge on any atom is 0.341 e. The van der Waals surface area contributed by atoms with Gasteiger partial charge in [0.05, 0.1) is 6.10 Å². The van der Waals surface area contributed by atoms with Gasteiger partial charge in [0.1, 0.15) is 5.75 Å². The van der Waals surface area contributed by atoms with Gasteiger partial charge in [-0.15, -0.1) is 0 Å². The lowest BCUT2D eigenvalue weighted by atomic mass is 10.0. The number of rotatable bonds is 5. The Morgan fingerprint density at radius 2 is 1.89 bits per heavy atom. The van der Waals surface area contributed by atoms with Crippen LogP contribution in [0.25, 0.3) is 10.8 Å². The predicted molar refractivity (Wildman–Crippen MR) is 72.5 cm³/mol. The summed E-state index contributed by atoms with van der Waals surface area (Å²) in [7, 11) is 1.66. The summed E-state index contributed by atoms with van der Waals surface area (Å²) in [5.74, 6) is -0.413. The van der Waals surface area contributed by atoms with Crippen LogP contribution in [0.5, 0.6) is 5.75 Å². The van der Waals surface area contributed by atoms with E-state index in [4.69, 9.17) is 14.6 Å². The Balaban J connectivity index is 2.48. The molecule has 2 rings (SSSR count). The molecular formula is C15H16O4. The highest BCUT2D eigenvalue weighted by Gasteiger charge is 2.12. The van der Waals surface area contributed by atoms with Crippen LogP contribution < -0.4 is 4.74 Å². The number of carboxylic acids is 1. The van der Waals surface area contributed by atoms with Crippen LogP contribution in [0.2, 0.25) is 0 Å². The lowest BCUT2D eigenvalue weighted by molar-refractivity contribution is -0.139. The van der Waals surface area contributed by atoms with Gasteiger partial charge in [0.15, 0.2) is 6.61 Å². The summed E-state index contributed by atoms with van der Waals surface area (Å²) in [5.41, 5.74) is 1.06. The van der Waals surface area contributed by atoms with Crippen molar-refractivity contribution in [2.24, 2.45) is 0 Å². The average Bonchev–Trinajstić information content (AvgIpc) is 2.43. The Kier molecular flexibility index (Phi) is 4.02. The van der Waals surface area contributed by atoms with Gasteiger partial charge in [0.25, 0.3) is 0 Å². The fraction of sp³-hybridized carbons (Fsp3) is 0.267. The first-order valence-corrected chi connectivity index (χ1v) is 6.02. The van der Waals surface area contributed by atoms with Crippen molar-refractivity contribution in [3.05, 3.63) is 42.0 Å². The number of carbonyl (C=O) groups is 1. The fourth-order valence-corrected chi connectivity index (χ4v) is 2.04. The lowest BCUT2D eigenvalue weighted by Crippen LogP contribution is -2.10. The number of hydrogen-bond acceptors (Lipinski definition) is 3. The Labute approximate surface area is 111 Å². The lowest BCUT2D eigenvalue weighted by Gasteiger charge is -2.15. The molecule has 0 bridgehead atoms. The molecule has 0 aliphatic carbocycles. The Morgan fingerprint density at radius 3 is 2.53 bits per heavy atom. The van der Waals surface area contributed by atoms with E-state index in [9.17, 15) is 4.79 Å². The van der Waals surface area contributed by atoms with Gasteiger partial charge in [-0.25, -0.2) is 4.79 Å². The zero-order valence-electron chi connectivity index (χ0n) is 10.9. The monoisotopic (exact) mass is 260 g/mol. The van der Waals surface area contributed by atoms with E-state index in [-0.39, 0.29) is 12.7 Å². The van der Waals surface area contributed by atoms with Crippen LogP contribution in [0.4, 0.5) is 0 Å². The third-order valence-electron chi connectivity index (χ3n) is 3.06. The zero-order chi connectivity index (χ0) is 13.8. The number of hydrogen-bond donors (Lipinski definition) is 1. The van der Waals surface area contributed by atoms with E-state index in [1.54, 1.807) is 13.2 Å². The molecule has 0 aliphatic rings. The number of ether oxygens (including phenoxy) is 2. The molecule has 2 aromatic rings. The third kappa shape index (κ3) is 2.85. The number of aliphatic carboxylic acids is 1. The minimum absolute atomic E-state index is 0.0292. The van der Waals surface area contributed by atoms with Crippen LogP contribution >= 0.6 is 0 Å². The topological polar surface area (TPSA) is 55.8 Å². The fourth-order valence-electron chi connectivity index (χ4n) is 2.04. The second-order valence-electron chi connectivity index (χ2n) is 4.26. The van der Waals surface area contributed by atoms with Gasteiger partial charge < -0.3 is 14.6 Å². The molecule has 4 nitrogen and oxygen atoms in total. The highest BCUT2D eigenvalue weighted by atomic mass is 16.5. The maximum absolute atomic E-state index is 10.6. The maximum atomic E-state index is 10.6. The summed E-state index contributed by atoms with van der Waals surface area (Å²) in [4.78, 5) is 10.6. The van der Waals surface area contributed by atoms with E-state index in [0.717, 1.165) is 16.3 Å². The van der Waals surface area contributed by atoms with Gasteiger partial charge in [-0.2, -0.15) is 0 Å². The van der Waals surface area contributed by atoms with Gasteiger partial charge >= 0.3 is 5.97 Å².